The van der Waals surface area contributed by atoms with Crippen molar-refractivity contribution in [1.82, 2.24) is 14.8 Å². The van der Waals surface area contributed by atoms with Crippen LogP contribution in [0.1, 0.15) is 86.0 Å². The van der Waals surface area contributed by atoms with Gasteiger partial charge in [-0.2, -0.15) is 0 Å². The number of benzene rings is 2. The van der Waals surface area contributed by atoms with Crippen molar-refractivity contribution in [2.75, 3.05) is 26.3 Å². The fraction of sp³-hybridized carbons (Fsp3) is 0.500. The molecule has 250 valence electrons. The maximum atomic E-state index is 15.6. The molecule has 2 fully saturated rings. The third-order valence-electron chi connectivity index (χ3n) is 9.13. The van der Waals surface area contributed by atoms with Crippen LogP contribution in [-0.4, -0.2) is 76.6 Å². The number of fused-ring (bicyclic) bond motifs is 2. The van der Waals surface area contributed by atoms with Crippen molar-refractivity contribution in [3.63, 3.8) is 0 Å². The van der Waals surface area contributed by atoms with E-state index in [4.69, 9.17) is 24.9 Å². The van der Waals surface area contributed by atoms with Gasteiger partial charge in [0.1, 0.15) is 29.3 Å². The number of ether oxygens (including phenoxy) is 3. The molecule has 2 aromatic carbocycles. The Morgan fingerprint density at radius 1 is 1.11 bits per heavy atom. The highest BCUT2D eigenvalue weighted by Gasteiger charge is 2.36. The Morgan fingerprint density at radius 3 is 2.64 bits per heavy atom. The van der Waals surface area contributed by atoms with E-state index in [-0.39, 0.29) is 37.2 Å². The van der Waals surface area contributed by atoms with Crippen LogP contribution in [0, 0.1) is 5.82 Å². The van der Waals surface area contributed by atoms with Crippen molar-refractivity contribution in [2.45, 2.75) is 89.6 Å². The van der Waals surface area contributed by atoms with Gasteiger partial charge in [0.2, 0.25) is 5.91 Å². The Morgan fingerprint density at radius 2 is 1.89 bits per heavy atom. The molecule has 0 unspecified atom stereocenters. The topological polar surface area (TPSA) is 124 Å². The van der Waals surface area contributed by atoms with Gasteiger partial charge in [0, 0.05) is 73.9 Å². The molecule has 3 aliphatic heterocycles. The number of aromatic nitrogens is 1. The minimum atomic E-state index is -0.935. The molecule has 0 saturated carbocycles. The zero-order chi connectivity index (χ0) is 33.3. The maximum absolute atomic E-state index is 15.6. The fourth-order valence-electron chi connectivity index (χ4n) is 6.79. The lowest BCUT2D eigenvalue weighted by molar-refractivity contribution is -0.155. The van der Waals surface area contributed by atoms with Gasteiger partial charge in [0.25, 0.3) is 5.91 Å². The van der Waals surface area contributed by atoms with E-state index in [1.165, 1.54) is 4.90 Å². The van der Waals surface area contributed by atoms with Gasteiger partial charge in [-0.3, -0.25) is 24.3 Å². The number of carbonyl (C=O) groups is 3. The van der Waals surface area contributed by atoms with Crippen molar-refractivity contribution in [1.29, 1.82) is 0 Å². The molecular weight excluding hydrogens is 603 g/mol. The lowest BCUT2D eigenvalue weighted by Crippen LogP contribution is -2.45. The summed E-state index contributed by atoms with van der Waals surface area (Å²) in [5.74, 6) is -0.682. The average Bonchev–Trinajstić information content (AvgIpc) is 3.60. The van der Waals surface area contributed by atoms with Crippen LogP contribution < -0.4 is 10.5 Å². The number of hydrogen-bond donors (Lipinski definition) is 1. The number of likely N-dealkylation sites (tertiary alicyclic amines) is 1. The number of halogens is 1. The van der Waals surface area contributed by atoms with Gasteiger partial charge in [-0.15, -0.1) is 0 Å². The number of carbonyl (C=O) groups excluding carboxylic acids is 3. The van der Waals surface area contributed by atoms with Crippen LogP contribution in [0.5, 0.6) is 5.75 Å². The molecule has 47 heavy (non-hydrogen) atoms. The highest BCUT2D eigenvalue weighted by molar-refractivity contribution is 6.01. The van der Waals surface area contributed by atoms with Crippen LogP contribution in [0.15, 0.2) is 42.5 Å². The number of primary amides is 1. The minimum absolute atomic E-state index is 0.0327. The second kappa shape index (κ2) is 13.6. The predicted octanol–water partition coefficient (Wildman–Crippen LogP) is 4.85. The number of amides is 2. The van der Waals surface area contributed by atoms with Gasteiger partial charge in [0.05, 0.1) is 5.52 Å². The first-order valence-electron chi connectivity index (χ1n) is 16.4. The number of hydrogen-bond acceptors (Lipinski definition) is 8. The van der Waals surface area contributed by atoms with E-state index >= 15 is 4.39 Å². The van der Waals surface area contributed by atoms with Gasteiger partial charge < -0.3 is 24.8 Å². The summed E-state index contributed by atoms with van der Waals surface area (Å²) in [5.41, 5.74) is 8.54. The average molecular weight is 647 g/mol. The molecular formula is C36H43FN4O6. The van der Waals surface area contributed by atoms with Crippen LogP contribution in [0.25, 0.3) is 10.9 Å². The van der Waals surface area contributed by atoms with Gasteiger partial charge in [-0.25, -0.2) is 4.39 Å². The van der Waals surface area contributed by atoms with Crippen LogP contribution >= 0.6 is 0 Å². The number of pyridine rings is 1. The first-order valence-corrected chi connectivity index (χ1v) is 16.4. The van der Waals surface area contributed by atoms with E-state index in [1.54, 1.807) is 32.9 Å². The molecule has 11 heteroatoms. The molecule has 4 heterocycles. The molecule has 3 aromatic rings. The molecule has 3 aliphatic rings. The summed E-state index contributed by atoms with van der Waals surface area (Å²) in [7, 11) is 0. The van der Waals surface area contributed by atoms with Gasteiger partial charge in [0.15, 0.2) is 0 Å². The summed E-state index contributed by atoms with van der Waals surface area (Å²) in [6.45, 7) is 8.83. The lowest BCUT2D eigenvalue weighted by atomic mass is 9.95. The summed E-state index contributed by atoms with van der Waals surface area (Å²) < 4.78 is 32.7. The Kier molecular flexibility index (Phi) is 9.48. The van der Waals surface area contributed by atoms with Gasteiger partial charge in [-0.05, 0) is 88.4 Å². The molecule has 0 aliphatic carbocycles. The molecule has 0 radical (unpaired) electrons. The molecule has 1 aromatic heterocycles. The second-order valence-electron chi connectivity index (χ2n) is 13.8. The molecule has 0 bridgehead atoms. The van der Waals surface area contributed by atoms with E-state index in [0.717, 1.165) is 50.3 Å². The molecule has 6 rings (SSSR count). The standard InChI is InChI=1S/C36H43FN4O6/c1-36(2,3)47-32(42)11-10-31(34(38)43)41-20-24-18-25(5-6-27(24)35(41)44)46-26-12-15-40(21-26)19-23-4-8-30-28(33(23)37)7-9-29(39-30)22-13-16-45-17-14-22/h4-9,18,22,26,31H,10-17,19-21H2,1-3H3,(H2,38,43)/t26-,31-/m0/s1. The zero-order valence-corrected chi connectivity index (χ0v) is 27.3. The summed E-state index contributed by atoms with van der Waals surface area (Å²) in [5, 5.41) is 0.537. The van der Waals surface area contributed by atoms with E-state index in [2.05, 4.69) is 4.90 Å². The Labute approximate surface area is 274 Å². The number of nitrogens with two attached hydrogens (primary N) is 1. The van der Waals surface area contributed by atoms with Crippen LogP contribution in [0.3, 0.4) is 0 Å². The van der Waals surface area contributed by atoms with Crippen molar-refractivity contribution in [3.05, 3.63) is 70.7 Å². The highest BCUT2D eigenvalue weighted by Crippen LogP contribution is 2.32. The highest BCUT2D eigenvalue weighted by atomic mass is 19.1. The van der Waals surface area contributed by atoms with E-state index in [9.17, 15) is 14.4 Å². The van der Waals surface area contributed by atoms with E-state index in [1.807, 2.05) is 30.3 Å². The van der Waals surface area contributed by atoms with E-state index in [0.29, 0.717) is 46.8 Å². The Hall–Kier alpha value is -4.09. The summed E-state index contributed by atoms with van der Waals surface area (Å²) in [6, 6.07) is 11.9. The van der Waals surface area contributed by atoms with E-state index < -0.39 is 23.5 Å². The summed E-state index contributed by atoms with van der Waals surface area (Å²) in [6.07, 6.45) is 2.60. The molecule has 2 atom stereocenters. The molecule has 2 saturated heterocycles. The first kappa shape index (κ1) is 32.8. The number of esters is 1. The zero-order valence-electron chi connectivity index (χ0n) is 27.3. The monoisotopic (exact) mass is 646 g/mol. The van der Waals surface area contributed by atoms with Crippen LogP contribution in [0.4, 0.5) is 4.39 Å². The van der Waals surface area contributed by atoms with Crippen LogP contribution in [0.2, 0.25) is 0 Å². The van der Waals surface area contributed by atoms with Crippen LogP contribution in [-0.2, 0) is 32.2 Å². The van der Waals surface area contributed by atoms with Gasteiger partial charge >= 0.3 is 5.97 Å². The second-order valence-corrected chi connectivity index (χ2v) is 13.8. The first-order chi connectivity index (χ1) is 22.4. The van der Waals surface area contributed by atoms with Crippen molar-refractivity contribution < 1.29 is 33.0 Å². The Bertz CT molecular complexity index is 1670. The molecule has 2 amide bonds. The molecule has 2 N–H and O–H groups in total. The Balaban J connectivity index is 1.05. The molecule has 0 spiro atoms. The lowest BCUT2D eigenvalue weighted by Gasteiger charge is -2.25. The third kappa shape index (κ3) is 7.57. The van der Waals surface area contributed by atoms with Gasteiger partial charge in [-0.1, -0.05) is 6.07 Å². The summed E-state index contributed by atoms with van der Waals surface area (Å²) >= 11 is 0. The van der Waals surface area contributed by atoms with Crippen molar-refractivity contribution in [2.24, 2.45) is 5.73 Å². The maximum Gasteiger partial charge on any atom is 0.306 e. The minimum Gasteiger partial charge on any atom is -0.489 e. The van der Waals surface area contributed by atoms with Crippen molar-refractivity contribution in [3.8, 4) is 5.75 Å². The molecule has 10 nitrogen and oxygen atoms in total. The summed E-state index contributed by atoms with van der Waals surface area (Å²) in [4.78, 5) is 46.1. The smallest absolute Gasteiger partial charge is 0.306 e. The fourth-order valence-corrected chi connectivity index (χ4v) is 6.79. The normalized spacial score (nSPS) is 19.6. The van der Waals surface area contributed by atoms with Crippen molar-refractivity contribution >= 4 is 28.7 Å². The largest absolute Gasteiger partial charge is 0.489 e. The number of rotatable bonds is 10. The predicted molar refractivity (Wildman–Crippen MR) is 173 cm³/mol. The SMILES string of the molecule is CC(C)(C)OC(=O)CC[C@@H](C(N)=O)N1Cc2cc(O[C@H]3CCN(Cc4ccc5nc(C6CCOCC6)ccc5c4F)C3)ccc2C1=O. The quantitative estimate of drug-likeness (QED) is 0.310. The number of nitrogens with zero attached hydrogens (tertiary/aromatic N) is 3. The third-order valence-corrected chi connectivity index (χ3v) is 9.13.